The minimum atomic E-state index is -0.439. The fourth-order valence-electron chi connectivity index (χ4n) is 4.66. The summed E-state index contributed by atoms with van der Waals surface area (Å²) in [7, 11) is 0. The van der Waals surface area contributed by atoms with Gasteiger partial charge in [-0.25, -0.2) is 4.79 Å². The highest BCUT2D eigenvalue weighted by Gasteiger charge is 2.66. The van der Waals surface area contributed by atoms with Crippen LogP contribution in [0.1, 0.15) is 31.2 Å². The standard InChI is InChI=1S/C17H21N3O4/c1-10-9-11(20(22)23)3-4-13(10)18-16(21)19-14-12-5-8-24-15(12)17(14)6-2-7-17/h3-4,9,12,14-15H,2,5-8H2,1H3,(H2,18,19,21). The number of carbonyl (C=O) groups excluding carboxylic acids is 1. The monoisotopic (exact) mass is 331 g/mol. The van der Waals surface area contributed by atoms with Crippen molar-refractivity contribution in [2.24, 2.45) is 11.3 Å². The molecule has 1 saturated heterocycles. The summed E-state index contributed by atoms with van der Waals surface area (Å²) in [6, 6.07) is 4.38. The fourth-order valence-corrected chi connectivity index (χ4v) is 4.66. The molecule has 2 N–H and O–H groups in total. The van der Waals surface area contributed by atoms with Crippen LogP contribution in [0, 0.1) is 28.4 Å². The quantitative estimate of drug-likeness (QED) is 0.658. The van der Waals surface area contributed by atoms with Crippen LogP contribution in [-0.2, 0) is 4.74 Å². The van der Waals surface area contributed by atoms with Gasteiger partial charge in [0.05, 0.1) is 11.0 Å². The molecular weight excluding hydrogens is 310 g/mol. The molecule has 1 aliphatic heterocycles. The number of carbonyl (C=O) groups is 1. The lowest BCUT2D eigenvalue weighted by atomic mass is 9.46. The number of nitro groups is 1. The Labute approximate surface area is 139 Å². The SMILES string of the molecule is Cc1cc([N+](=O)[O-])ccc1NC(=O)NC1C2CCOC2C12CCC2. The second kappa shape index (κ2) is 5.44. The van der Waals surface area contributed by atoms with Gasteiger partial charge < -0.3 is 15.4 Å². The van der Waals surface area contributed by atoms with Crippen molar-refractivity contribution in [3.05, 3.63) is 33.9 Å². The number of nitrogens with one attached hydrogen (secondary N) is 2. The fraction of sp³-hybridized carbons (Fsp3) is 0.588. The molecule has 1 aromatic carbocycles. The number of anilines is 1. The molecule has 0 aromatic heterocycles. The van der Waals surface area contributed by atoms with E-state index in [1.54, 1.807) is 13.0 Å². The number of benzene rings is 1. The van der Waals surface area contributed by atoms with Crippen LogP contribution in [0.5, 0.6) is 0 Å². The van der Waals surface area contributed by atoms with E-state index in [0.717, 1.165) is 25.9 Å². The van der Waals surface area contributed by atoms with Gasteiger partial charge in [-0.15, -0.1) is 0 Å². The van der Waals surface area contributed by atoms with Gasteiger partial charge >= 0.3 is 6.03 Å². The molecule has 0 bridgehead atoms. The van der Waals surface area contributed by atoms with Crippen LogP contribution in [-0.4, -0.2) is 29.7 Å². The molecule has 1 heterocycles. The van der Waals surface area contributed by atoms with Gasteiger partial charge in [-0.3, -0.25) is 10.1 Å². The smallest absolute Gasteiger partial charge is 0.319 e. The van der Waals surface area contributed by atoms with E-state index >= 15 is 0 Å². The first-order valence-electron chi connectivity index (χ1n) is 8.45. The number of rotatable bonds is 3. The van der Waals surface area contributed by atoms with Crippen LogP contribution in [0.25, 0.3) is 0 Å². The maximum Gasteiger partial charge on any atom is 0.319 e. The third kappa shape index (κ3) is 2.18. The Morgan fingerprint density at radius 2 is 2.21 bits per heavy atom. The second-order valence-electron chi connectivity index (χ2n) is 7.16. The Kier molecular flexibility index (Phi) is 3.49. The molecule has 7 nitrogen and oxygen atoms in total. The van der Waals surface area contributed by atoms with Gasteiger partial charge in [0.25, 0.3) is 5.69 Å². The van der Waals surface area contributed by atoms with Crippen LogP contribution >= 0.6 is 0 Å². The molecule has 128 valence electrons. The summed E-state index contributed by atoms with van der Waals surface area (Å²) >= 11 is 0. The lowest BCUT2D eigenvalue weighted by molar-refractivity contribution is -0.384. The lowest BCUT2D eigenvalue weighted by Gasteiger charge is -2.63. The number of ether oxygens (including phenoxy) is 1. The summed E-state index contributed by atoms with van der Waals surface area (Å²) < 4.78 is 5.86. The van der Waals surface area contributed by atoms with E-state index < -0.39 is 4.92 Å². The predicted octanol–water partition coefficient (Wildman–Crippen LogP) is 2.98. The van der Waals surface area contributed by atoms with E-state index in [9.17, 15) is 14.9 Å². The average molecular weight is 331 g/mol. The Morgan fingerprint density at radius 1 is 1.42 bits per heavy atom. The number of non-ortho nitro benzene ring substituents is 1. The van der Waals surface area contributed by atoms with Crippen molar-refractivity contribution in [1.82, 2.24) is 5.32 Å². The van der Waals surface area contributed by atoms with Crippen LogP contribution in [0.3, 0.4) is 0 Å². The third-order valence-electron chi connectivity index (χ3n) is 5.99. The van der Waals surface area contributed by atoms with Gasteiger partial charge in [0.2, 0.25) is 0 Å². The first-order valence-corrected chi connectivity index (χ1v) is 8.45. The zero-order valence-electron chi connectivity index (χ0n) is 13.6. The molecule has 3 atom stereocenters. The van der Waals surface area contributed by atoms with E-state index in [2.05, 4.69) is 10.6 Å². The third-order valence-corrected chi connectivity index (χ3v) is 5.99. The molecule has 2 aliphatic carbocycles. The van der Waals surface area contributed by atoms with Crippen molar-refractivity contribution in [1.29, 1.82) is 0 Å². The van der Waals surface area contributed by atoms with Gasteiger partial charge in [-0.05, 0) is 37.8 Å². The minimum Gasteiger partial charge on any atom is -0.377 e. The van der Waals surface area contributed by atoms with Crippen LogP contribution in [0.4, 0.5) is 16.2 Å². The van der Waals surface area contributed by atoms with Crippen molar-refractivity contribution >= 4 is 17.4 Å². The zero-order chi connectivity index (χ0) is 16.9. The number of hydrogen-bond acceptors (Lipinski definition) is 4. The number of aryl methyl sites for hydroxylation is 1. The van der Waals surface area contributed by atoms with Crippen molar-refractivity contribution in [2.45, 2.75) is 44.8 Å². The van der Waals surface area contributed by atoms with Crippen LogP contribution in [0.15, 0.2) is 18.2 Å². The van der Waals surface area contributed by atoms with Gasteiger partial charge in [0.1, 0.15) is 0 Å². The molecular formula is C17H21N3O4. The number of nitrogens with zero attached hydrogens (tertiary/aromatic N) is 1. The Morgan fingerprint density at radius 3 is 2.83 bits per heavy atom. The molecule has 1 aromatic rings. The summed E-state index contributed by atoms with van der Waals surface area (Å²) in [5, 5.41) is 16.7. The molecule has 4 rings (SSSR count). The summed E-state index contributed by atoms with van der Waals surface area (Å²) in [4.78, 5) is 22.8. The topological polar surface area (TPSA) is 93.5 Å². The normalized spacial score (nSPS) is 29.3. The molecule has 7 heteroatoms. The van der Waals surface area contributed by atoms with E-state index in [0.29, 0.717) is 23.3 Å². The summed E-state index contributed by atoms with van der Waals surface area (Å²) in [6.07, 6.45) is 4.77. The molecule has 3 aliphatic rings. The van der Waals surface area contributed by atoms with E-state index in [-0.39, 0.29) is 23.2 Å². The number of amides is 2. The van der Waals surface area contributed by atoms with Crippen LogP contribution < -0.4 is 10.6 Å². The second-order valence-corrected chi connectivity index (χ2v) is 7.16. The molecule has 2 amide bonds. The van der Waals surface area contributed by atoms with Gasteiger partial charge in [-0.2, -0.15) is 0 Å². The number of nitro benzene ring substituents is 1. The Bertz CT molecular complexity index is 701. The maximum atomic E-state index is 12.4. The lowest BCUT2D eigenvalue weighted by Crippen LogP contribution is -2.72. The predicted molar refractivity (Wildman–Crippen MR) is 87.9 cm³/mol. The number of hydrogen-bond donors (Lipinski definition) is 2. The molecule has 24 heavy (non-hydrogen) atoms. The van der Waals surface area contributed by atoms with Crippen molar-refractivity contribution in [3.63, 3.8) is 0 Å². The van der Waals surface area contributed by atoms with Gasteiger partial charge in [-0.1, -0.05) is 6.42 Å². The molecule has 0 radical (unpaired) electrons. The highest BCUT2D eigenvalue weighted by molar-refractivity contribution is 5.90. The minimum absolute atomic E-state index is 0.0248. The summed E-state index contributed by atoms with van der Waals surface area (Å²) in [5.41, 5.74) is 1.44. The van der Waals surface area contributed by atoms with Crippen molar-refractivity contribution in [2.75, 3.05) is 11.9 Å². The molecule has 3 fully saturated rings. The Hall–Kier alpha value is -2.15. The maximum absolute atomic E-state index is 12.4. The Balaban J connectivity index is 1.43. The highest BCUT2D eigenvalue weighted by atomic mass is 16.6. The van der Waals surface area contributed by atoms with E-state index in [4.69, 9.17) is 4.74 Å². The van der Waals surface area contributed by atoms with Crippen LogP contribution in [0.2, 0.25) is 0 Å². The molecule has 2 saturated carbocycles. The average Bonchev–Trinajstić information content (AvgIpc) is 2.90. The first-order chi connectivity index (χ1) is 11.5. The number of fused-ring (bicyclic) bond motifs is 2. The van der Waals surface area contributed by atoms with E-state index in [1.165, 1.54) is 18.6 Å². The van der Waals surface area contributed by atoms with Gasteiger partial charge in [0.15, 0.2) is 0 Å². The molecule has 3 unspecified atom stereocenters. The van der Waals surface area contributed by atoms with Crippen molar-refractivity contribution in [3.8, 4) is 0 Å². The highest BCUT2D eigenvalue weighted by Crippen LogP contribution is 2.62. The zero-order valence-corrected chi connectivity index (χ0v) is 13.6. The number of urea groups is 1. The summed E-state index contributed by atoms with van der Waals surface area (Å²) in [5.74, 6) is 0.425. The van der Waals surface area contributed by atoms with E-state index in [1.807, 2.05) is 0 Å². The largest absolute Gasteiger partial charge is 0.377 e. The molecule has 1 spiro atoms. The van der Waals surface area contributed by atoms with Gasteiger partial charge in [0, 0.05) is 41.8 Å². The summed E-state index contributed by atoms with van der Waals surface area (Å²) in [6.45, 7) is 2.54. The first kappa shape index (κ1) is 15.4. The van der Waals surface area contributed by atoms with Crippen molar-refractivity contribution < 1.29 is 14.5 Å².